The molecule has 7 aromatic carbocycles. The van der Waals surface area contributed by atoms with Crippen LogP contribution in [0.15, 0.2) is 158 Å². The Hall–Kier alpha value is -6.88. The summed E-state index contributed by atoms with van der Waals surface area (Å²) in [5.41, 5.74) is 10.9. The minimum absolute atomic E-state index is 0.448. The summed E-state index contributed by atoms with van der Waals surface area (Å²) in [6, 6.07) is 56.5. The van der Waals surface area contributed by atoms with Gasteiger partial charge in [0, 0.05) is 38.4 Å². The zero-order valence-electron chi connectivity index (χ0n) is 25.8. The molecule has 9 rings (SSSR count). The van der Waals surface area contributed by atoms with E-state index in [0.29, 0.717) is 16.8 Å². The molecule has 0 fully saturated rings. The van der Waals surface area contributed by atoms with Crippen molar-refractivity contribution in [2.75, 3.05) is 0 Å². The van der Waals surface area contributed by atoms with E-state index in [1.807, 2.05) is 48.5 Å². The van der Waals surface area contributed by atoms with E-state index in [2.05, 4.69) is 129 Å². The van der Waals surface area contributed by atoms with Gasteiger partial charge in [-0.25, -0.2) is 4.85 Å². The van der Waals surface area contributed by atoms with E-state index in [1.54, 1.807) is 0 Å². The highest BCUT2D eigenvalue weighted by Crippen LogP contribution is 2.41. The van der Waals surface area contributed by atoms with Crippen molar-refractivity contribution in [1.82, 2.24) is 9.13 Å². The van der Waals surface area contributed by atoms with E-state index in [0.717, 1.165) is 60.9 Å². The van der Waals surface area contributed by atoms with Crippen LogP contribution in [0, 0.1) is 17.9 Å². The predicted octanol–water partition coefficient (Wildman–Crippen LogP) is 11.6. The van der Waals surface area contributed by atoms with Gasteiger partial charge in [0.05, 0.1) is 46.0 Å². The summed E-state index contributed by atoms with van der Waals surface area (Å²) in [5, 5.41) is 15.1. The van der Waals surface area contributed by atoms with Gasteiger partial charge >= 0.3 is 0 Å². The molecule has 0 unspecified atom stereocenters. The number of fused-ring (bicyclic) bond motifs is 6. The second-order valence-corrected chi connectivity index (χ2v) is 11.9. The Balaban J connectivity index is 1.18. The van der Waals surface area contributed by atoms with Crippen molar-refractivity contribution in [2.24, 2.45) is 0 Å². The molecule has 0 N–H and O–H groups in total. The Morgan fingerprint density at radius 2 is 0.958 bits per heavy atom. The normalized spacial score (nSPS) is 11.3. The summed E-state index contributed by atoms with van der Waals surface area (Å²) in [5.74, 6) is 0. The molecule has 0 spiro atoms. The molecule has 0 saturated carbocycles. The van der Waals surface area contributed by atoms with Gasteiger partial charge in [-0.05, 0) is 53.6 Å². The highest BCUT2D eigenvalue weighted by Gasteiger charge is 2.19. The van der Waals surface area contributed by atoms with Crippen molar-refractivity contribution < 1.29 is 0 Å². The number of rotatable bonds is 4. The van der Waals surface area contributed by atoms with Crippen LogP contribution in [0.2, 0.25) is 0 Å². The standard InChI is InChI=1S/C44H26N4/c1-46-38-27-32(47-40-18-8-3-13-34(40)35-14-4-9-19-41(35)47)26-31(28-45)44(38)30-24-22-29(23-25-30)33-12-2-7-17-39(33)48-42-20-10-5-15-36(42)37-16-6-11-21-43(37)48/h2-27H. The first kappa shape index (κ1) is 27.4. The highest BCUT2D eigenvalue weighted by atomic mass is 15.0. The SMILES string of the molecule is [C-]#[N+]c1cc(-n2c3ccccc3c3ccccc32)cc(C#N)c1-c1ccc(-c2ccccc2-n2c3ccccc3c3ccccc32)cc1. The smallest absolute Gasteiger partial charge is 0.198 e. The van der Waals surface area contributed by atoms with E-state index in [9.17, 15) is 5.26 Å². The van der Waals surface area contributed by atoms with E-state index in [-0.39, 0.29) is 0 Å². The minimum atomic E-state index is 0.448. The molecule has 0 aliphatic heterocycles. The fourth-order valence-electron chi connectivity index (χ4n) is 7.33. The van der Waals surface area contributed by atoms with Crippen molar-refractivity contribution in [1.29, 1.82) is 5.26 Å². The lowest BCUT2D eigenvalue weighted by Gasteiger charge is -2.16. The summed E-state index contributed by atoms with van der Waals surface area (Å²) >= 11 is 0. The van der Waals surface area contributed by atoms with Gasteiger partial charge in [0.25, 0.3) is 0 Å². The van der Waals surface area contributed by atoms with Crippen LogP contribution in [-0.2, 0) is 0 Å². The largest absolute Gasteiger partial charge is 0.310 e. The fourth-order valence-corrected chi connectivity index (χ4v) is 7.33. The summed E-state index contributed by atoms with van der Waals surface area (Å²) < 4.78 is 4.49. The van der Waals surface area contributed by atoms with Crippen LogP contribution in [0.1, 0.15) is 5.56 Å². The van der Waals surface area contributed by atoms with E-state index in [4.69, 9.17) is 6.57 Å². The maximum Gasteiger partial charge on any atom is 0.198 e. The van der Waals surface area contributed by atoms with E-state index < -0.39 is 0 Å². The second-order valence-electron chi connectivity index (χ2n) is 11.9. The number of hydrogen-bond donors (Lipinski definition) is 0. The molecular formula is C44H26N4. The van der Waals surface area contributed by atoms with Crippen LogP contribution in [-0.4, -0.2) is 9.13 Å². The van der Waals surface area contributed by atoms with Crippen LogP contribution in [0.25, 0.3) is 82.1 Å². The zero-order chi connectivity index (χ0) is 32.2. The van der Waals surface area contributed by atoms with Crippen LogP contribution >= 0.6 is 0 Å². The Morgan fingerprint density at radius 1 is 0.500 bits per heavy atom. The summed E-state index contributed by atoms with van der Waals surface area (Å²) in [6.07, 6.45) is 0. The van der Waals surface area contributed by atoms with E-state index in [1.165, 1.54) is 10.8 Å². The van der Waals surface area contributed by atoms with Gasteiger partial charge in [-0.15, -0.1) is 0 Å². The molecule has 48 heavy (non-hydrogen) atoms. The summed E-state index contributed by atoms with van der Waals surface area (Å²) in [6.45, 7) is 8.17. The number of aromatic nitrogens is 2. The monoisotopic (exact) mass is 610 g/mol. The van der Waals surface area contributed by atoms with Gasteiger partial charge in [-0.2, -0.15) is 5.26 Å². The van der Waals surface area contributed by atoms with Gasteiger partial charge in [-0.3, -0.25) is 0 Å². The first-order valence-corrected chi connectivity index (χ1v) is 15.9. The highest BCUT2D eigenvalue weighted by molar-refractivity contribution is 6.10. The van der Waals surface area contributed by atoms with Crippen molar-refractivity contribution >= 4 is 49.3 Å². The third kappa shape index (κ3) is 4.07. The average Bonchev–Trinajstić information content (AvgIpc) is 3.67. The molecule has 2 heterocycles. The molecule has 0 atom stereocenters. The molecule has 4 heteroatoms. The molecule has 2 aromatic heterocycles. The predicted molar refractivity (Wildman–Crippen MR) is 197 cm³/mol. The summed E-state index contributed by atoms with van der Waals surface area (Å²) in [4.78, 5) is 3.95. The fraction of sp³-hybridized carbons (Fsp3) is 0. The van der Waals surface area contributed by atoms with Crippen LogP contribution < -0.4 is 0 Å². The molecule has 0 bridgehead atoms. The van der Waals surface area contributed by atoms with Crippen LogP contribution in [0.5, 0.6) is 0 Å². The molecule has 0 aliphatic carbocycles. The van der Waals surface area contributed by atoms with Crippen molar-refractivity contribution in [3.8, 4) is 39.7 Å². The molecule has 0 saturated heterocycles. The Labute approximate surface area is 277 Å². The van der Waals surface area contributed by atoms with Crippen molar-refractivity contribution in [3.05, 3.63) is 175 Å². The zero-order valence-corrected chi connectivity index (χ0v) is 25.8. The Kier molecular flexibility index (Phi) is 6.22. The lowest BCUT2D eigenvalue weighted by atomic mass is 9.95. The lowest BCUT2D eigenvalue weighted by molar-refractivity contribution is 1.18. The van der Waals surface area contributed by atoms with Gasteiger partial charge in [0.15, 0.2) is 5.69 Å². The van der Waals surface area contributed by atoms with Crippen LogP contribution in [0.3, 0.4) is 0 Å². The molecule has 0 amide bonds. The molecule has 9 aromatic rings. The molecule has 4 nitrogen and oxygen atoms in total. The summed E-state index contributed by atoms with van der Waals surface area (Å²) in [7, 11) is 0. The van der Waals surface area contributed by atoms with Gasteiger partial charge in [-0.1, -0.05) is 115 Å². The number of nitrogens with zero attached hydrogens (tertiary/aromatic N) is 4. The molecule has 0 radical (unpaired) electrons. The van der Waals surface area contributed by atoms with Crippen molar-refractivity contribution in [2.45, 2.75) is 0 Å². The van der Waals surface area contributed by atoms with E-state index >= 15 is 0 Å². The number of benzene rings is 7. The first-order valence-electron chi connectivity index (χ1n) is 15.9. The minimum Gasteiger partial charge on any atom is -0.310 e. The van der Waals surface area contributed by atoms with Gasteiger partial charge in [0.1, 0.15) is 0 Å². The number of hydrogen-bond acceptors (Lipinski definition) is 1. The second kappa shape index (κ2) is 10.9. The maximum absolute atomic E-state index is 10.4. The quantitative estimate of drug-likeness (QED) is 0.183. The number of para-hydroxylation sites is 5. The lowest BCUT2D eigenvalue weighted by Crippen LogP contribution is -1.97. The first-order chi connectivity index (χ1) is 23.7. The van der Waals surface area contributed by atoms with Crippen molar-refractivity contribution in [3.63, 3.8) is 0 Å². The Bertz CT molecular complexity index is 2660. The molecule has 0 aliphatic rings. The maximum atomic E-state index is 10.4. The third-order valence-corrected chi connectivity index (χ3v) is 9.39. The van der Waals surface area contributed by atoms with Crippen LogP contribution in [0.4, 0.5) is 5.69 Å². The number of nitriles is 1. The average molecular weight is 611 g/mol. The Morgan fingerprint density at radius 3 is 1.48 bits per heavy atom. The van der Waals surface area contributed by atoms with Gasteiger partial charge < -0.3 is 9.13 Å². The molecule has 222 valence electrons. The molecular weight excluding hydrogens is 585 g/mol. The third-order valence-electron chi connectivity index (χ3n) is 9.39. The van der Waals surface area contributed by atoms with Gasteiger partial charge in [0.2, 0.25) is 0 Å². The topological polar surface area (TPSA) is 38.0 Å².